The average Bonchev–Trinajstić information content (AvgIpc) is 2.37. The highest BCUT2D eigenvalue weighted by Crippen LogP contribution is 2.23. The lowest BCUT2D eigenvalue weighted by molar-refractivity contribution is 0.979. The highest BCUT2D eigenvalue weighted by atomic mass is 14.9. The summed E-state index contributed by atoms with van der Waals surface area (Å²) in [5.41, 5.74) is 5.56. The van der Waals surface area contributed by atoms with Crippen LogP contribution in [0.2, 0.25) is 0 Å². The molecule has 2 nitrogen and oxygen atoms in total. The van der Waals surface area contributed by atoms with E-state index in [9.17, 15) is 5.26 Å². The number of hydrogen-bond acceptors (Lipinski definition) is 2. The molecule has 1 N–H and O–H groups in total. The van der Waals surface area contributed by atoms with E-state index in [-0.39, 0.29) is 6.04 Å². The van der Waals surface area contributed by atoms with E-state index in [1.165, 1.54) is 11.1 Å². The maximum Gasteiger partial charge on any atom is 0.140 e. The van der Waals surface area contributed by atoms with Gasteiger partial charge in [-0.3, -0.25) is 0 Å². The van der Waals surface area contributed by atoms with Crippen LogP contribution in [-0.4, -0.2) is 0 Å². The van der Waals surface area contributed by atoms with Crippen molar-refractivity contribution in [1.82, 2.24) is 0 Å². The first kappa shape index (κ1) is 13.2. The zero-order chi connectivity index (χ0) is 13.8. The molecule has 0 bridgehead atoms. The van der Waals surface area contributed by atoms with Gasteiger partial charge in [0.05, 0.1) is 6.07 Å². The minimum Gasteiger partial charge on any atom is -0.366 e. The highest BCUT2D eigenvalue weighted by molar-refractivity contribution is 5.50. The number of hydrogen-bond donors (Lipinski definition) is 1. The summed E-state index contributed by atoms with van der Waals surface area (Å²) in [5, 5.41) is 12.7. The van der Waals surface area contributed by atoms with Gasteiger partial charge in [0, 0.05) is 5.69 Å². The highest BCUT2D eigenvalue weighted by Gasteiger charge is 2.12. The molecule has 2 heteroatoms. The predicted molar refractivity (Wildman–Crippen MR) is 79.1 cm³/mol. The van der Waals surface area contributed by atoms with Crippen molar-refractivity contribution in [1.29, 1.82) is 5.26 Å². The van der Waals surface area contributed by atoms with E-state index in [4.69, 9.17) is 0 Å². The van der Waals surface area contributed by atoms with Gasteiger partial charge in [0.1, 0.15) is 6.04 Å². The maximum atomic E-state index is 9.39. The smallest absolute Gasteiger partial charge is 0.140 e. The summed E-state index contributed by atoms with van der Waals surface area (Å²) in [6, 6.07) is 16.3. The molecule has 0 aliphatic carbocycles. The van der Waals surface area contributed by atoms with Crippen molar-refractivity contribution in [2.24, 2.45) is 0 Å². The summed E-state index contributed by atoms with van der Waals surface area (Å²) < 4.78 is 0. The number of benzene rings is 2. The largest absolute Gasteiger partial charge is 0.366 e. The zero-order valence-corrected chi connectivity index (χ0v) is 11.6. The first-order chi connectivity index (χ1) is 9.10. The van der Waals surface area contributed by atoms with Gasteiger partial charge in [-0.15, -0.1) is 0 Å². The van der Waals surface area contributed by atoms with Gasteiger partial charge >= 0.3 is 0 Å². The Labute approximate surface area is 114 Å². The van der Waals surface area contributed by atoms with Gasteiger partial charge in [0.25, 0.3) is 0 Å². The molecule has 0 saturated carbocycles. The number of nitrogens with one attached hydrogen (secondary N) is 1. The van der Waals surface area contributed by atoms with E-state index in [1.807, 2.05) is 50.2 Å². The lowest BCUT2D eigenvalue weighted by Crippen LogP contribution is -2.10. The summed E-state index contributed by atoms with van der Waals surface area (Å²) in [6.45, 7) is 6.15. The first-order valence-corrected chi connectivity index (χ1v) is 6.40. The van der Waals surface area contributed by atoms with Crippen LogP contribution in [-0.2, 0) is 0 Å². The fraction of sp³-hybridized carbons (Fsp3) is 0.235. The van der Waals surface area contributed by atoms with Crippen molar-refractivity contribution in [3.8, 4) is 6.07 Å². The van der Waals surface area contributed by atoms with Crippen molar-refractivity contribution < 1.29 is 0 Å². The van der Waals surface area contributed by atoms with E-state index in [0.717, 1.165) is 16.8 Å². The van der Waals surface area contributed by atoms with Crippen LogP contribution in [0.25, 0.3) is 0 Å². The Morgan fingerprint density at radius 3 is 2.37 bits per heavy atom. The molecule has 2 aromatic rings. The molecule has 0 amide bonds. The molecule has 0 spiro atoms. The van der Waals surface area contributed by atoms with Crippen LogP contribution >= 0.6 is 0 Å². The van der Waals surface area contributed by atoms with E-state index in [0.29, 0.717) is 0 Å². The van der Waals surface area contributed by atoms with Crippen LogP contribution in [0.4, 0.5) is 5.69 Å². The fourth-order valence-electron chi connectivity index (χ4n) is 2.23. The zero-order valence-electron chi connectivity index (χ0n) is 11.6. The molecule has 2 aromatic carbocycles. The molecule has 0 aliphatic heterocycles. The number of aryl methyl sites for hydroxylation is 3. The summed E-state index contributed by atoms with van der Waals surface area (Å²) in [5.74, 6) is 0. The monoisotopic (exact) mass is 250 g/mol. The number of nitriles is 1. The first-order valence-electron chi connectivity index (χ1n) is 6.40. The second kappa shape index (κ2) is 5.58. The van der Waals surface area contributed by atoms with Crippen LogP contribution in [0.15, 0.2) is 42.5 Å². The lowest BCUT2D eigenvalue weighted by Gasteiger charge is -2.16. The third-order valence-electron chi connectivity index (χ3n) is 3.19. The van der Waals surface area contributed by atoms with Crippen molar-refractivity contribution >= 4 is 5.69 Å². The van der Waals surface area contributed by atoms with Crippen molar-refractivity contribution in [3.05, 3.63) is 64.7 Å². The minimum atomic E-state index is -0.317. The SMILES string of the molecule is Cc1cccc(NC(C#N)c2ccc(C)cc2C)c1. The Balaban J connectivity index is 2.28. The van der Waals surface area contributed by atoms with Crippen LogP contribution in [0, 0.1) is 32.1 Å². The quantitative estimate of drug-likeness (QED) is 0.882. The normalized spacial score (nSPS) is 11.7. The number of nitrogens with zero attached hydrogens (tertiary/aromatic N) is 1. The van der Waals surface area contributed by atoms with Gasteiger partial charge in [-0.2, -0.15) is 5.26 Å². The molecule has 1 atom stereocenters. The van der Waals surface area contributed by atoms with Gasteiger partial charge < -0.3 is 5.32 Å². The van der Waals surface area contributed by atoms with Gasteiger partial charge in [-0.1, -0.05) is 35.9 Å². The second-order valence-electron chi connectivity index (χ2n) is 4.94. The molecule has 0 fully saturated rings. The van der Waals surface area contributed by atoms with E-state index in [1.54, 1.807) is 0 Å². The number of rotatable bonds is 3. The van der Waals surface area contributed by atoms with E-state index < -0.39 is 0 Å². The average molecular weight is 250 g/mol. The molecular weight excluding hydrogens is 232 g/mol. The molecule has 19 heavy (non-hydrogen) atoms. The standard InChI is InChI=1S/C17H18N2/c1-12-5-4-6-15(10-12)19-17(11-18)16-8-7-13(2)9-14(16)3/h4-10,17,19H,1-3H3. The third kappa shape index (κ3) is 3.14. The molecule has 0 aromatic heterocycles. The number of anilines is 1. The topological polar surface area (TPSA) is 35.8 Å². The van der Waals surface area contributed by atoms with Crippen LogP contribution in [0.3, 0.4) is 0 Å². The molecule has 0 radical (unpaired) electrons. The maximum absolute atomic E-state index is 9.39. The fourth-order valence-corrected chi connectivity index (χ4v) is 2.23. The van der Waals surface area contributed by atoms with E-state index in [2.05, 4.69) is 24.4 Å². The van der Waals surface area contributed by atoms with Crippen LogP contribution in [0.5, 0.6) is 0 Å². The molecule has 0 saturated heterocycles. The lowest BCUT2D eigenvalue weighted by atomic mass is 9.99. The molecular formula is C17H18N2. The molecule has 0 aliphatic rings. The molecule has 2 rings (SSSR count). The molecule has 1 unspecified atom stereocenters. The summed E-state index contributed by atoms with van der Waals surface area (Å²) >= 11 is 0. The predicted octanol–water partition coefficient (Wildman–Crippen LogP) is 4.29. The molecule has 96 valence electrons. The summed E-state index contributed by atoms with van der Waals surface area (Å²) in [6.07, 6.45) is 0. The Morgan fingerprint density at radius 1 is 1.00 bits per heavy atom. The van der Waals surface area contributed by atoms with Crippen molar-refractivity contribution in [2.45, 2.75) is 26.8 Å². The molecule has 0 heterocycles. The van der Waals surface area contributed by atoms with Crippen LogP contribution < -0.4 is 5.32 Å². The Kier molecular flexibility index (Phi) is 3.87. The van der Waals surface area contributed by atoms with Crippen molar-refractivity contribution in [2.75, 3.05) is 5.32 Å². The summed E-state index contributed by atoms with van der Waals surface area (Å²) in [4.78, 5) is 0. The third-order valence-corrected chi connectivity index (χ3v) is 3.19. The van der Waals surface area contributed by atoms with Crippen LogP contribution in [0.1, 0.15) is 28.3 Å². The van der Waals surface area contributed by atoms with Gasteiger partial charge in [0.2, 0.25) is 0 Å². The van der Waals surface area contributed by atoms with Crippen molar-refractivity contribution in [3.63, 3.8) is 0 Å². The van der Waals surface area contributed by atoms with Gasteiger partial charge in [-0.25, -0.2) is 0 Å². The Bertz CT molecular complexity index is 623. The second-order valence-corrected chi connectivity index (χ2v) is 4.94. The Hall–Kier alpha value is -2.27. The Morgan fingerprint density at radius 2 is 1.74 bits per heavy atom. The van der Waals surface area contributed by atoms with E-state index >= 15 is 0 Å². The van der Waals surface area contributed by atoms with Gasteiger partial charge in [0.15, 0.2) is 0 Å². The summed E-state index contributed by atoms with van der Waals surface area (Å²) in [7, 11) is 0. The minimum absolute atomic E-state index is 0.317. The van der Waals surface area contributed by atoms with Gasteiger partial charge in [-0.05, 0) is 49.6 Å².